The molecule has 2 aliphatic rings. The molecule has 24 heavy (non-hydrogen) atoms. The van der Waals surface area contributed by atoms with Crippen molar-refractivity contribution in [1.82, 2.24) is 4.31 Å². The number of anilines is 1. The van der Waals surface area contributed by atoms with Crippen LogP contribution in [0.2, 0.25) is 0 Å². The molecular weight excluding hydrogens is 350 g/mol. The summed E-state index contributed by atoms with van der Waals surface area (Å²) >= 11 is 1.41. The molecule has 1 aliphatic heterocycles. The molecule has 3 N–H and O–H groups in total. The van der Waals surface area contributed by atoms with Gasteiger partial charge >= 0.3 is 0 Å². The third-order valence-electron chi connectivity index (χ3n) is 4.63. The highest BCUT2D eigenvalue weighted by atomic mass is 32.2. The number of nitrogens with two attached hydrogens (primary N) is 1. The van der Waals surface area contributed by atoms with Crippen LogP contribution >= 0.6 is 11.3 Å². The number of piperidine rings is 1. The number of amides is 2. The SMILES string of the molecule is CS(=O)(=O)N1CCC[C@H](C(=O)Nc2sc3c(c2C(N)=O)CCC3)C1. The van der Waals surface area contributed by atoms with Gasteiger partial charge in [-0.15, -0.1) is 11.3 Å². The van der Waals surface area contributed by atoms with Crippen molar-refractivity contribution in [2.45, 2.75) is 32.1 Å². The summed E-state index contributed by atoms with van der Waals surface area (Å²) in [7, 11) is -3.30. The van der Waals surface area contributed by atoms with E-state index in [-0.39, 0.29) is 12.5 Å². The maximum absolute atomic E-state index is 12.6. The molecular formula is C15H21N3O4S2. The molecule has 9 heteroatoms. The van der Waals surface area contributed by atoms with Gasteiger partial charge in [-0.1, -0.05) is 0 Å². The van der Waals surface area contributed by atoms with Crippen LogP contribution < -0.4 is 11.1 Å². The largest absolute Gasteiger partial charge is 0.365 e. The van der Waals surface area contributed by atoms with Gasteiger partial charge in [-0.3, -0.25) is 9.59 Å². The van der Waals surface area contributed by atoms with Gasteiger partial charge in [0.2, 0.25) is 15.9 Å². The molecule has 1 atom stereocenters. The molecule has 0 bridgehead atoms. The molecule has 7 nitrogen and oxygen atoms in total. The molecule has 1 aromatic heterocycles. The zero-order valence-corrected chi connectivity index (χ0v) is 15.1. The molecule has 3 rings (SSSR count). The third kappa shape index (κ3) is 3.33. The van der Waals surface area contributed by atoms with Crippen molar-refractivity contribution in [3.8, 4) is 0 Å². The van der Waals surface area contributed by atoms with Crippen molar-refractivity contribution < 1.29 is 18.0 Å². The lowest BCUT2D eigenvalue weighted by Crippen LogP contribution is -2.43. The van der Waals surface area contributed by atoms with E-state index in [0.717, 1.165) is 36.0 Å². The highest BCUT2D eigenvalue weighted by Gasteiger charge is 2.32. The number of aryl methyl sites for hydroxylation is 1. The molecule has 2 heterocycles. The monoisotopic (exact) mass is 371 g/mol. The first-order valence-electron chi connectivity index (χ1n) is 7.97. The number of carbonyl (C=O) groups excluding carboxylic acids is 2. The van der Waals surface area contributed by atoms with Crippen LogP contribution in [0.5, 0.6) is 0 Å². The van der Waals surface area contributed by atoms with E-state index in [0.29, 0.717) is 30.0 Å². The van der Waals surface area contributed by atoms with Gasteiger partial charge in [0.25, 0.3) is 5.91 Å². The Morgan fingerprint density at radius 3 is 2.71 bits per heavy atom. The predicted octanol–water partition coefficient (Wildman–Crippen LogP) is 0.946. The summed E-state index contributed by atoms with van der Waals surface area (Å²) in [5.74, 6) is -1.18. The van der Waals surface area contributed by atoms with Crippen LogP contribution in [0.4, 0.5) is 5.00 Å². The van der Waals surface area contributed by atoms with Gasteiger partial charge in [0.15, 0.2) is 0 Å². The molecule has 2 amide bonds. The number of carbonyl (C=O) groups is 2. The Hall–Kier alpha value is -1.45. The van der Waals surface area contributed by atoms with Crippen LogP contribution in [0.1, 0.15) is 40.1 Å². The number of rotatable bonds is 4. The molecule has 1 fully saturated rings. The lowest BCUT2D eigenvalue weighted by molar-refractivity contribution is -0.120. The van der Waals surface area contributed by atoms with E-state index in [2.05, 4.69) is 5.32 Å². The van der Waals surface area contributed by atoms with Crippen LogP contribution in [-0.4, -0.2) is 43.9 Å². The normalized spacial score (nSPS) is 21.5. The zero-order valence-electron chi connectivity index (χ0n) is 13.5. The summed E-state index contributed by atoms with van der Waals surface area (Å²) in [6.07, 6.45) is 5.15. The number of nitrogens with one attached hydrogen (secondary N) is 1. The zero-order chi connectivity index (χ0) is 17.5. The van der Waals surface area contributed by atoms with Gasteiger partial charge in [-0.05, 0) is 37.7 Å². The number of hydrogen-bond donors (Lipinski definition) is 2. The van der Waals surface area contributed by atoms with Crippen LogP contribution in [0.15, 0.2) is 0 Å². The molecule has 0 spiro atoms. The fourth-order valence-electron chi connectivity index (χ4n) is 3.42. The standard InChI is InChI=1S/C15H21N3O4S2/c1-24(21,22)18-7-3-4-9(8-18)14(20)17-15-12(13(16)19)10-5-2-6-11(10)23-15/h9H,2-8H2,1H3,(H2,16,19)(H,17,20)/t9-/m0/s1. The van der Waals surface area contributed by atoms with Crippen LogP contribution in [0, 0.1) is 5.92 Å². The van der Waals surface area contributed by atoms with E-state index in [1.165, 1.54) is 15.6 Å². The Kier molecular flexibility index (Phi) is 4.67. The highest BCUT2D eigenvalue weighted by Crippen LogP contribution is 2.39. The second-order valence-electron chi connectivity index (χ2n) is 6.38. The Balaban J connectivity index is 1.77. The molecule has 0 saturated carbocycles. The second kappa shape index (κ2) is 6.45. The van der Waals surface area contributed by atoms with Crippen molar-refractivity contribution in [1.29, 1.82) is 0 Å². The van der Waals surface area contributed by atoms with Gasteiger partial charge in [-0.2, -0.15) is 0 Å². The minimum atomic E-state index is -3.30. The fraction of sp³-hybridized carbons (Fsp3) is 0.600. The van der Waals surface area contributed by atoms with Gasteiger partial charge in [0, 0.05) is 18.0 Å². The summed E-state index contributed by atoms with van der Waals surface area (Å²) in [6, 6.07) is 0. The van der Waals surface area contributed by atoms with E-state index >= 15 is 0 Å². The Morgan fingerprint density at radius 1 is 1.29 bits per heavy atom. The van der Waals surface area contributed by atoms with Crippen molar-refractivity contribution in [3.05, 3.63) is 16.0 Å². The summed E-state index contributed by atoms with van der Waals surface area (Å²) in [4.78, 5) is 25.4. The van der Waals surface area contributed by atoms with Gasteiger partial charge < -0.3 is 11.1 Å². The average molecular weight is 371 g/mol. The van der Waals surface area contributed by atoms with Gasteiger partial charge in [0.1, 0.15) is 5.00 Å². The van der Waals surface area contributed by atoms with E-state index in [1.54, 1.807) is 0 Å². The maximum atomic E-state index is 12.6. The quantitative estimate of drug-likeness (QED) is 0.821. The molecule has 132 valence electrons. The first kappa shape index (κ1) is 17.4. The number of thiophene rings is 1. The van der Waals surface area contributed by atoms with Crippen molar-refractivity contribution in [2.75, 3.05) is 24.7 Å². The maximum Gasteiger partial charge on any atom is 0.251 e. The van der Waals surface area contributed by atoms with Gasteiger partial charge in [-0.25, -0.2) is 12.7 Å². The summed E-state index contributed by atoms with van der Waals surface area (Å²) in [6.45, 7) is 0.629. The van der Waals surface area contributed by atoms with E-state index in [4.69, 9.17) is 5.73 Å². The van der Waals surface area contributed by atoms with Gasteiger partial charge in [0.05, 0.1) is 17.7 Å². The van der Waals surface area contributed by atoms with Crippen LogP contribution in [0.3, 0.4) is 0 Å². The average Bonchev–Trinajstić information content (AvgIpc) is 3.06. The number of primary amides is 1. The molecule has 1 aromatic rings. The van der Waals surface area contributed by atoms with Crippen LogP contribution in [0.25, 0.3) is 0 Å². The molecule has 0 unspecified atom stereocenters. The van der Waals surface area contributed by atoms with Crippen molar-refractivity contribution in [2.24, 2.45) is 11.7 Å². The Morgan fingerprint density at radius 2 is 2.04 bits per heavy atom. The molecule has 1 saturated heterocycles. The second-order valence-corrected chi connectivity index (χ2v) is 9.46. The van der Waals surface area contributed by atoms with Crippen LogP contribution in [-0.2, 0) is 27.7 Å². The lowest BCUT2D eigenvalue weighted by atomic mass is 9.99. The Bertz CT molecular complexity index is 785. The minimum absolute atomic E-state index is 0.182. The number of fused-ring (bicyclic) bond motifs is 1. The van der Waals surface area contributed by atoms with Crippen molar-refractivity contribution >= 4 is 38.2 Å². The van der Waals surface area contributed by atoms with E-state index in [1.807, 2.05) is 0 Å². The number of nitrogens with zero attached hydrogens (tertiary/aromatic N) is 1. The minimum Gasteiger partial charge on any atom is -0.365 e. The number of hydrogen-bond acceptors (Lipinski definition) is 5. The first-order chi connectivity index (χ1) is 11.3. The summed E-state index contributed by atoms with van der Waals surface area (Å²) in [5, 5.41) is 3.33. The lowest BCUT2D eigenvalue weighted by Gasteiger charge is -2.30. The summed E-state index contributed by atoms with van der Waals surface area (Å²) in [5.41, 5.74) is 6.88. The predicted molar refractivity (Wildman–Crippen MR) is 92.6 cm³/mol. The van der Waals surface area contributed by atoms with E-state index < -0.39 is 21.8 Å². The number of sulfonamides is 1. The fourth-order valence-corrected chi connectivity index (χ4v) is 5.63. The van der Waals surface area contributed by atoms with E-state index in [9.17, 15) is 18.0 Å². The molecule has 0 aromatic carbocycles. The molecule has 1 aliphatic carbocycles. The summed E-state index contributed by atoms with van der Waals surface area (Å²) < 4.78 is 24.7. The topological polar surface area (TPSA) is 110 Å². The Labute approximate surface area is 145 Å². The third-order valence-corrected chi connectivity index (χ3v) is 7.11. The van der Waals surface area contributed by atoms with Crippen molar-refractivity contribution in [3.63, 3.8) is 0 Å². The first-order valence-corrected chi connectivity index (χ1v) is 10.6. The highest BCUT2D eigenvalue weighted by molar-refractivity contribution is 7.88. The molecule has 0 radical (unpaired) electrons. The smallest absolute Gasteiger partial charge is 0.251 e.